The lowest BCUT2D eigenvalue weighted by molar-refractivity contribution is 0.209. The summed E-state index contributed by atoms with van der Waals surface area (Å²) in [6.07, 6.45) is -0.462. The van der Waals surface area contributed by atoms with Crippen LogP contribution in [0.15, 0.2) is 71.6 Å². The summed E-state index contributed by atoms with van der Waals surface area (Å²) in [4.78, 5) is 16.9. The van der Waals surface area contributed by atoms with Crippen LogP contribution < -0.4 is 19.5 Å². The van der Waals surface area contributed by atoms with Gasteiger partial charge in [0, 0.05) is 21.7 Å². The van der Waals surface area contributed by atoms with E-state index in [1.807, 2.05) is 24.3 Å². The Morgan fingerprint density at radius 3 is 2.49 bits per heavy atom. The van der Waals surface area contributed by atoms with E-state index in [2.05, 4.69) is 41.5 Å². The number of anilines is 1. The summed E-state index contributed by atoms with van der Waals surface area (Å²) in [5, 5.41) is 12.4. The maximum absolute atomic E-state index is 11.2. The van der Waals surface area contributed by atoms with Crippen LogP contribution in [0, 0.1) is 6.92 Å². The molecule has 0 aliphatic rings. The molecule has 1 aromatic heterocycles. The van der Waals surface area contributed by atoms with Crippen molar-refractivity contribution in [2.24, 2.45) is 0 Å². The average Bonchev–Trinajstić information content (AvgIpc) is 2.86. The van der Waals surface area contributed by atoms with Crippen LogP contribution in [-0.4, -0.2) is 36.2 Å². The van der Waals surface area contributed by atoms with E-state index in [-0.39, 0.29) is 0 Å². The molecule has 0 saturated carbocycles. The van der Waals surface area contributed by atoms with Gasteiger partial charge < -0.3 is 19.3 Å². The van der Waals surface area contributed by atoms with E-state index in [1.165, 1.54) is 17.6 Å². The van der Waals surface area contributed by atoms with Gasteiger partial charge in [0.1, 0.15) is 5.75 Å². The first-order valence-electron chi connectivity index (χ1n) is 11.0. The summed E-state index contributed by atoms with van der Waals surface area (Å²) < 4.78 is 17.5. The molecule has 4 rings (SSSR count). The molecule has 0 bridgehead atoms. The lowest BCUT2D eigenvalue weighted by Gasteiger charge is -2.18. The normalized spacial score (nSPS) is 10.7. The molecule has 0 aliphatic heterocycles. The second-order valence-corrected chi connectivity index (χ2v) is 8.94. The number of benzene rings is 3. The topological polar surface area (TPSA) is 89.9 Å². The second kappa shape index (κ2) is 11.0. The van der Waals surface area contributed by atoms with E-state index in [9.17, 15) is 4.79 Å². The Hall–Kier alpha value is -3.91. The van der Waals surface area contributed by atoms with Crippen molar-refractivity contribution in [2.75, 3.05) is 25.3 Å². The highest BCUT2D eigenvalue weighted by Gasteiger charge is 2.20. The number of para-hydroxylation sites is 1. The molecular formula is C27H26N2O5S. The molecule has 1 heterocycles. The van der Waals surface area contributed by atoms with E-state index in [4.69, 9.17) is 19.3 Å². The van der Waals surface area contributed by atoms with Crippen molar-refractivity contribution in [1.29, 1.82) is 0 Å². The molecule has 8 heteroatoms. The third-order valence-electron chi connectivity index (χ3n) is 5.35. The van der Waals surface area contributed by atoms with Gasteiger partial charge in [-0.25, -0.2) is 9.78 Å². The summed E-state index contributed by atoms with van der Waals surface area (Å²) in [5.41, 5.74) is 3.26. The second-order valence-electron chi connectivity index (χ2n) is 7.77. The lowest BCUT2D eigenvalue weighted by Crippen LogP contribution is -2.08. The van der Waals surface area contributed by atoms with E-state index in [1.54, 1.807) is 37.1 Å². The zero-order valence-corrected chi connectivity index (χ0v) is 20.5. The molecule has 4 aromatic rings. The quantitative estimate of drug-likeness (QED) is 0.250. The minimum absolute atomic E-state index is 0.321. The third-order valence-corrected chi connectivity index (χ3v) is 6.37. The summed E-state index contributed by atoms with van der Waals surface area (Å²) in [6, 6.07) is 21.2. The number of pyridine rings is 1. The fourth-order valence-electron chi connectivity index (χ4n) is 3.66. The van der Waals surface area contributed by atoms with Gasteiger partial charge in [-0.1, -0.05) is 29.8 Å². The summed E-state index contributed by atoms with van der Waals surface area (Å²) in [5.74, 6) is 2.58. The van der Waals surface area contributed by atoms with Crippen LogP contribution in [-0.2, 0) is 6.42 Å². The molecule has 180 valence electrons. The predicted octanol–water partition coefficient (Wildman–Crippen LogP) is 6.78. The number of carbonyl (C=O) groups is 1. The predicted molar refractivity (Wildman–Crippen MR) is 139 cm³/mol. The molecule has 1 amide bonds. The number of ether oxygens (including phenoxy) is 3. The van der Waals surface area contributed by atoms with Crippen molar-refractivity contribution in [2.45, 2.75) is 18.2 Å². The summed E-state index contributed by atoms with van der Waals surface area (Å²) >= 11 is 1.73. The van der Waals surface area contributed by atoms with Crippen LogP contribution in [0.4, 0.5) is 10.5 Å². The molecule has 0 radical (unpaired) electrons. The lowest BCUT2D eigenvalue weighted by atomic mass is 10.1. The number of methoxy groups -OCH3 is 2. The number of nitrogens with one attached hydrogen (secondary N) is 1. The van der Waals surface area contributed by atoms with Crippen LogP contribution in [0.1, 0.15) is 11.1 Å². The van der Waals surface area contributed by atoms with Gasteiger partial charge >= 0.3 is 6.09 Å². The average molecular weight is 491 g/mol. The van der Waals surface area contributed by atoms with Crippen molar-refractivity contribution < 1.29 is 24.1 Å². The molecular weight excluding hydrogens is 464 g/mol. The van der Waals surface area contributed by atoms with Gasteiger partial charge in [0.15, 0.2) is 5.75 Å². The Morgan fingerprint density at radius 1 is 1.00 bits per heavy atom. The van der Waals surface area contributed by atoms with Gasteiger partial charge in [-0.15, -0.1) is 11.8 Å². The Balaban J connectivity index is 1.69. The van der Waals surface area contributed by atoms with Gasteiger partial charge in [0.25, 0.3) is 5.88 Å². The maximum atomic E-state index is 11.2. The van der Waals surface area contributed by atoms with Crippen molar-refractivity contribution >= 4 is 34.4 Å². The first-order chi connectivity index (χ1) is 17.0. The molecule has 0 spiro atoms. The number of hydrogen-bond acceptors (Lipinski definition) is 6. The van der Waals surface area contributed by atoms with Gasteiger partial charge in [0.2, 0.25) is 5.75 Å². The monoisotopic (exact) mass is 490 g/mol. The van der Waals surface area contributed by atoms with E-state index < -0.39 is 6.09 Å². The minimum atomic E-state index is -1.12. The summed E-state index contributed by atoms with van der Waals surface area (Å²) in [7, 11) is 3.07. The van der Waals surface area contributed by atoms with Gasteiger partial charge in [-0.2, -0.15) is 0 Å². The molecule has 35 heavy (non-hydrogen) atoms. The number of rotatable bonds is 9. The molecule has 2 N–H and O–H groups in total. The fourth-order valence-corrected chi connectivity index (χ4v) is 4.55. The molecule has 0 atom stereocenters. The molecule has 0 unspecified atom stereocenters. The van der Waals surface area contributed by atoms with Crippen molar-refractivity contribution in [3.05, 3.63) is 77.9 Å². The number of carboxylic acid groups (broad SMARTS) is 1. The number of aromatic nitrogens is 1. The maximum Gasteiger partial charge on any atom is 0.409 e. The fraction of sp³-hybridized carbons (Fsp3) is 0.185. The third kappa shape index (κ3) is 5.78. The van der Waals surface area contributed by atoms with Crippen LogP contribution in [0.2, 0.25) is 0 Å². The zero-order chi connectivity index (χ0) is 24.8. The molecule has 0 fully saturated rings. The van der Waals surface area contributed by atoms with Crippen LogP contribution in [0.25, 0.3) is 10.9 Å². The van der Waals surface area contributed by atoms with Gasteiger partial charge in [-0.05, 0) is 61.4 Å². The molecule has 7 nitrogen and oxygen atoms in total. The first-order valence-corrected chi connectivity index (χ1v) is 12.0. The van der Waals surface area contributed by atoms with Gasteiger partial charge in [0.05, 0.1) is 19.7 Å². The zero-order valence-electron chi connectivity index (χ0n) is 19.7. The SMILES string of the molecule is COc1nc2ccccc2c(Oc2ccc(NC(=O)O)cc2CCSc2ccc(C)cc2)c1OC. The Kier molecular flexibility index (Phi) is 7.62. The first kappa shape index (κ1) is 24.2. The number of hydrogen-bond donors (Lipinski definition) is 2. The number of nitrogens with zero attached hydrogens (tertiary/aromatic N) is 1. The highest BCUT2D eigenvalue weighted by Crippen LogP contribution is 2.44. The smallest absolute Gasteiger partial charge is 0.409 e. The Bertz CT molecular complexity index is 1340. The number of aryl methyl sites for hydroxylation is 2. The molecule has 0 aliphatic carbocycles. The Labute approximate surface area is 208 Å². The largest absolute Gasteiger partial charge is 0.489 e. The Morgan fingerprint density at radius 2 is 1.77 bits per heavy atom. The van der Waals surface area contributed by atoms with Crippen molar-refractivity contribution in [3.63, 3.8) is 0 Å². The number of fused-ring (bicyclic) bond motifs is 1. The van der Waals surface area contributed by atoms with E-state index >= 15 is 0 Å². The minimum Gasteiger partial charge on any atom is -0.489 e. The van der Waals surface area contributed by atoms with E-state index in [0.717, 1.165) is 16.7 Å². The number of amides is 1. The van der Waals surface area contributed by atoms with Crippen molar-refractivity contribution in [1.82, 2.24) is 4.98 Å². The van der Waals surface area contributed by atoms with Gasteiger partial charge in [-0.3, -0.25) is 5.32 Å². The highest BCUT2D eigenvalue weighted by atomic mass is 32.2. The highest BCUT2D eigenvalue weighted by molar-refractivity contribution is 7.99. The van der Waals surface area contributed by atoms with Crippen molar-refractivity contribution in [3.8, 4) is 23.1 Å². The van der Waals surface area contributed by atoms with Crippen LogP contribution in [0.5, 0.6) is 23.1 Å². The summed E-state index contributed by atoms with van der Waals surface area (Å²) in [6.45, 7) is 2.06. The van der Waals surface area contributed by atoms with E-state index in [0.29, 0.717) is 40.8 Å². The molecule has 3 aromatic carbocycles. The van der Waals surface area contributed by atoms with Crippen LogP contribution in [0.3, 0.4) is 0 Å². The molecule has 0 saturated heterocycles. The number of thioether (sulfide) groups is 1. The van der Waals surface area contributed by atoms with Crippen LogP contribution >= 0.6 is 11.8 Å². The standard InChI is InChI=1S/C27H26N2O5S/c1-17-8-11-20(12-9-17)35-15-14-18-16-19(28-27(30)31)10-13-23(18)34-24-21-6-4-5-7-22(21)29-26(33-3)25(24)32-2/h4-13,16,28H,14-15H2,1-3H3,(H,30,31).